The molecule has 0 radical (unpaired) electrons. The summed E-state index contributed by atoms with van der Waals surface area (Å²) in [4.78, 5) is 26.5. The fourth-order valence-electron chi connectivity index (χ4n) is 4.51. The number of carbonyl (C=O) groups excluding carboxylic acids is 1. The van der Waals surface area contributed by atoms with E-state index in [4.69, 9.17) is 0 Å². The predicted molar refractivity (Wildman–Crippen MR) is 117 cm³/mol. The summed E-state index contributed by atoms with van der Waals surface area (Å²) < 4.78 is 3.38. The second-order valence-corrected chi connectivity index (χ2v) is 8.02. The van der Waals surface area contributed by atoms with E-state index < -0.39 is 6.04 Å². The van der Waals surface area contributed by atoms with Crippen molar-refractivity contribution >= 4 is 16.7 Å². The molecule has 0 saturated heterocycles. The third kappa shape index (κ3) is 3.16. The van der Waals surface area contributed by atoms with Crippen LogP contribution in [0, 0.1) is 0 Å². The molecule has 0 saturated carbocycles. The molecule has 5 rings (SSSR count). The van der Waals surface area contributed by atoms with Gasteiger partial charge < -0.3 is 4.57 Å². The third-order valence-corrected chi connectivity index (χ3v) is 6.13. The summed E-state index contributed by atoms with van der Waals surface area (Å²) in [5, 5.41) is 5.34. The second-order valence-electron chi connectivity index (χ2n) is 8.02. The number of ketones is 1. The highest BCUT2D eigenvalue weighted by Gasteiger charge is 2.31. The molecule has 2 unspecified atom stereocenters. The highest BCUT2D eigenvalue weighted by atomic mass is 16.1. The molecule has 5 heteroatoms. The van der Waals surface area contributed by atoms with Crippen LogP contribution in [0.1, 0.15) is 42.0 Å². The molecule has 1 aliphatic rings. The lowest BCUT2D eigenvalue weighted by Gasteiger charge is -2.19. The van der Waals surface area contributed by atoms with Gasteiger partial charge in [-0.1, -0.05) is 61.5 Å². The molecule has 0 spiro atoms. The van der Waals surface area contributed by atoms with E-state index in [0.29, 0.717) is 18.5 Å². The third-order valence-electron chi connectivity index (χ3n) is 6.13. The van der Waals surface area contributed by atoms with Crippen LogP contribution in [-0.4, -0.2) is 20.1 Å². The number of benzene rings is 2. The number of hydrogen-bond donors (Lipinski definition) is 0. The molecule has 150 valence electrons. The first-order chi connectivity index (χ1) is 14.6. The predicted octanol–water partition coefficient (Wildman–Crippen LogP) is 4.11. The van der Waals surface area contributed by atoms with Gasteiger partial charge in [0.25, 0.3) is 5.56 Å². The Labute approximate surface area is 174 Å². The molecule has 0 amide bonds. The van der Waals surface area contributed by atoms with Crippen molar-refractivity contribution in [2.75, 3.05) is 0 Å². The molecule has 0 fully saturated rings. The maximum absolute atomic E-state index is 13.3. The van der Waals surface area contributed by atoms with E-state index in [1.54, 1.807) is 15.4 Å². The van der Waals surface area contributed by atoms with Crippen molar-refractivity contribution in [2.45, 2.75) is 38.3 Å². The Kier molecular flexibility index (Phi) is 4.58. The molecule has 30 heavy (non-hydrogen) atoms. The summed E-state index contributed by atoms with van der Waals surface area (Å²) in [7, 11) is 0. The van der Waals surface area contributed by atoms with Gasteiger partial charge in [-0.2, -0.15) is 5.10 Å². The molecule has 2 heterocycles. The Morgan fingerprint density at radius 3 is 2.60 bits per heavy atom. The minimum atomic E-state index is -0.469. The maximum atomic E-state index is 13.3. The van der Waals surface area contributed by atoms with Gasteiger partial charge in [0.2, 0.25) is 0 Å². The number of hydrogen-bond acceptors (Lipinski definition) is 3. The molecule has 0 N–H and O–H groups in total. The number of aryl methyl sites for hydroxylation is 1. The molecule has 1 aliphatic carbocycles. The largest absolute Gasteiger partial charge is 0.303 e. The first-order valence-electron chi connectivity index (χ1n) is 10.4. The number of Topliss-reactive ketones (excluding diaryl/α,β-unsaturated/α-hetero) is 1. The lowest BCUT2D eigenvalue weighted by Crippen LogP contribution is -2.31. The Morgan fingerprint density at radius 1 is 1.00 bits per heavy atom. The first kappa shape index (κ1) is 18.6. The van der Waals surface area contributed by atoms with Crippen LogP contribution < -0.4 is 5.56 Å². The normalized spacial score (nSPS) is 18.9. The summed E-state index contributed by atoms with van der Waals surface area (Å²) in [5.74, 6) is -0.142. The summed E-state index contributed by atoms with van der Waals surface area (Å²) in [5.41, 5.74) is 3.61. The second kappa shape index (κ2) is 7.41. The van der Waals surface area contributed by atoms with Crippen molar-refractivity contribution in [1.29, 1.82) is 0 Å². The molecular weight excluding hydrogens is 374 g/mol. The quantitative estimate of drug-likeness (QED) is 0.489. The van der Waals surface area contributed by atoms with Crippen molar-refractivity contribution in [2.24, 2.45) is 0 Å². The van der Waals surface area contributed by atoms with E-state index in [2.05, 4.69) is 11.2 Å². The summed E-state index contributed by atoms with van der Waals surface area (Å²) in [6.45, 7) is 2.54. The minimum absolute atomic E-state index is 0.0881. The highest BCUT2D eigenvalue weighted by Crippen LogP contribution is 2.32. The molecule has 4 aromatic rings. The van der Waals surface area contributed by atoms with E-state index in [0.717, 1.165) is 22.9 Å². The monoisotopic (exact) mass is 397 g/mol. The molecule has 2 aromatic heterocycles. The van der Waals surface area contributed by atoms with Crippen LogP contribution in [0.2, 0.25) is 0 Å². The average Bonchev–Trinajstić information content (AvgIpc) is 3.13. The zero-order valence-electron chi connectivity index (χ0n) is 16.9. The van der Waals surface area contributed by atoms with Gasteiger partial charge in [-0.05, 0) is 35.6 Å². The van der Waals surface area contributed by atoms with Gasteiger partial charge in [0.05, 0.1) is 12.6 Å². The molecule has 2 aromatic carbocycles. The van der Waals surface area contributed by atoms with Crippen LogP contribution in [0.15, 0.2) is 77.9 Å². The number of carbonyl (C=O) groups is 1. The number of nitrogens with zero attached hydrogens (tertiary/aromatic N) is 3. The van der Waals surface area contributed by atoms with Gasteiger partial charge in [-0.3, -0.25) is 14.3 Å². The Hall–Kier alpha value is -3.47. The summed E-state index contributed by atoms with van der Waals surface area (Å²) >= 11 is 0. The summed E-state index contributed by atoms with van der Waals surface area (Å²) in [6.07, 6.45) is 5.05. The number of fused-ring (bicyclic) bond motifs is 2. The molecular formula is C25H23N3O2. The smallest absolute Gasteiger partial charge is 0.279 e. The van der Waals surface area contributed by atoms with E-state index in [-0.39, 0.29) is 17.3 Å². The van der Waals surface area contributed by atoms with E-state index in [1.807, 2.05) is 67.7 Å². The first-order valence-corrected chi connectivity index (χ1v) is 10.4. The van der Waals surface area contributed by atoms with Crippen LogP contribution in [0.25, 0.3) is 10.9 Å². The van der Waals surface area contributed by atoms with E-state index in [1.165, 1.54) is 5.56 Å². The van der Waals surface area contributed by atoms with Crippen LogP contribution in [0.5, 0.6) is 0 Å². The fraction of sp³-hybridized carbons (Fsp3) is 0.240. The summed E-state index contributed by atoms with van der Waals surface area (Å²) in [6, 6.07) is 19.5. The van der Waals surface area contributed by atoms with Crippen molar-refractivity contribution in [3.05, 3.63) is 100 Å². The molecule has 0 bridgehead atoms. The fourth-order valence-corrected chi connectivity index (χ4v) is 4.51. The SMILES string of the molecule is CC1C(=O)C(n2ccc3cn(Cc4ccccc4)nc3c2=O)CCc2ccccc21. The lowest BCUT2D eigenvalue weighted by atomic mass is 9.92. The standard InChI is InChI=1S/C25H23N3O2/c1-17-21-10-6-5-9-19(21)11-12-22(24(17)29)28-14-13-20-16-27(26-23(20)25(28)30)15-18-7-3-2-4-8-18/h2-10,13-14,16-17,22H,11-12,15H2,1H3. The number of pyridine rings is 1. The minimum Gasteiger partial charge on any atom is -0.303 e. The van der Waals surface area contributed by atoms with Crippen LogP contribution >= 0.6 is 0 Å². The van der Waals surface area contributed by atoms with Gasteiger partial charge in [0, 0.05) is 23.7 Å². The molecule has 5 nitrogen and oxygen atoms in total. The zero-order valence-corrected chi connectivity index (χ0v) is 16.9. The van der Waals surface area contributed by atoms with Gasteiger partial charge in [0.1, 0.15) is 0 Å². The van der Waals surface area contributed by atoms with Crippen LogP contribution in [-0.2, 0) is 17.8 Å². The molecule has 2 atom stereocenters. The molecule has 0 aliphatic heterocycles. The zero-order chi connectivity index (χ0) is 20.7. The highest BCUT2D eigenvalue weighted by molar-refractivity contribution is 5.90. The van der Waals surface area contributed by atoms with Gasteiger partial charge in [-0.25, -0.2) is 0 Å². The van der Waals surface area contributed by atoms with Crippen LogP contribution in [0.3, 0.4) is 0 Å². The van der Waals surface area contributed by atoms with E-state index in [9.17, 15) is 9.59 Å². The number of rotatable bonds is 3. The Morgan fingerprint density at radius 2 is 1.77 bits per heavy atom. The Balaban J connectivity index is 1.51. The van der Waals surface area contributed by atoms with E-state index >= 15 is 0 Å². The lowest BCUT2D eigenvalue weighted by molar-refractivity contribution is -0.123. The average molecular weight is 397 g/mol. The van der Waals surface area contributed by atoms with Crippen molar-refractivity contribution < 1.29 is 4.79 Å². The van der Waals surface area contributed by atoms with Gasteiger partial charge in [0.15, 0.2) is 11.3 Å². The van der Waals surface area contributed by atoms with Gasteiger partial charge >= 0.3 is 0 Å². The topological polar surface area (TPSA) is 56.9 Å². The van der Waals surface area contributed by atoms with Crippen LogP contribution in [0.4, 0.5) is 0 Å². The van der Waals surface area contributed by atoms with Gasteiger partial charge in [-0.15, -0.1) is 0 Å². The van der Waals surface area contributed by atoms with Crippen molar-refractivity contribution in [3.8, 4) is 0 Å². The van der Waals surface area contributed by atoms with Crippen molar-refractivity contribution in [1.82, 2.24) is 14.3 Å². The number of aromatic nitrogens is 3. The maximum Gasteiger partial charge on any atom is 0.279 e. The van der Waals surface area contributed by atoms with Crippen molar-refractivity contribution in [3.63, 3.8) is 0 Å². The Bertz CT molecular complexity index is 1290.